The molecule has 0 bridgehead atoms. The van der Waals surface area contributed by atoms with Crippen molar-refractivity contribution in [3.63, 3.8) is 0 Å². The molecule has 0 fully saturated rings. The zero-order valence-electron chi connectivity index (χ0n) is 13.4. The van der Waals surface area contributed by atoms with Crippen molar-refractivity contribution in [2.24, 2.45) is 5.10 Å². The first-order valence-corrected chi connectivity index (χ1v) is 9.56. The van der Waals surface area contributed by atoms with Crippen molar-refractivity contribution >= 4 is 59.9 Å². The van der Waals surface area contributed by atoms with Gasteiger partial charge < -0.3 is 9.84 Å². The summed E-state index contributed by atoms with van der Waals surface area (Å²) in [4.78, 5) is 11.9. The number of hydrazone groups is 1. The lowest BCUT2D eigenvalue weighted by Gasteiger charge is -2.11. The zero-order valence-corrected chi connectivity index (χ0v) is 18.2. The molecule has 25 heavy (non-hydrogen) atoms. The molecule has 2 aromatic rings. The van der Waals surface area contributed by atoms with Crippen LogP contribution in [0.15, 0.2) is 42.8 Å². The number of hydrogen-bond acceptors (Lipinski definition) is 4. The molecule has 0 radical (unpaired) electrons. The van der Waals surface area contributed by atoms with Gasteiger partial charge in [-0.2, -0.15) is 5.10 Å². The van der Waals surface area contributed by atoms with Crippen LogP contribution in [0.1, 0.15) is 16.7 Å². The molecule has 0 spiro atoms. The number of para-hydroxylation sites is 1. The molecule has 0 atom stereocenters. The Morgan fingerprint density at radius 3 is 2.52 bits per heavy atom. The van der Waals surface area contributed by atoms with E-state index in [0.29, 0.717) is 24.7 Å². The number of carbonyl (C=O) groups is 1. The van der Waals surface area contributed by atoms with E-state index in [1.807, 2.05) is 32.0 Å². The Kier molecular flexibility index (Phi) is 7.04. The monoisotopic (exact) mass is 532 g/mol. The molecule has 0 aromatic heterocycles. The van der Waals surface area contributed by atoms with Crippen LogP contribution >= 0.6 is 47.8 Å². The Balaban J connectivity index is 1.99. The Morgan fingerprint density at radius 2 is 1.88 bits per heavy atom. The summed E-state index contributed by atoms with van der Waals surface area (Å²) in [7, 11) is 0. The molecule has 0 aliphatic rings. The number of ether oxygens (including phenoxy) is 1. The normalized spacial score (nSPS) is 10.9. The van der Waals surface area contributed by atoms with Gasteiger partial charge in [-0.1, -0.05) is 34.1 Å². The molecular formula is C17H15Br3N2O3. The number of phenolic OH excluding ortho intramolecular Hbond substituents is 1. The highest BCUT2D eigenvalue weighted by Crippen LogP contribution is 2.38. The highest BCUT2D eigenvalue weighted by atomic mass is 79.9. The third-order valence-corrected chi connectivity index (χ3v) is 5.38. The van der Waals surface area contributed by atoms with Gasteiger partial charge in [-0.05, 0) is 62.9 Å². The van der Waals surface area contributed by atoms with Crippen LogP contribution in [0, 0.1) is 13.8 Å². The Morgan fingerprint density at radius 1 is 1.24 bits per heavy atom. The summed E-state index contributed by atoms with van der Waals surface area (Å²) in [6.07, 6.45) is 1.43. The summed E-state index contributed by atoms with van der Waals surface area (Å²) in [6.45, 7) is 3.71. The molecule has 0 heterocycles. The van der Waals surface area contributed by atoms with E-state index >= 15 is 0 Å². The summed E-state index contributed by atoms with van der Waals surface area (Å²) in [5.74, 6) is 0.367. The van der Waals surface area contributed by atoms with E-state index in [1.165, 1.54) is 6.21 Å². The summed E-state index contributed by atoms with van der Waals surface area (Å²) in [5.41, 5.74) is 4.93. The molecule has 2 rings (SSSR count). The molecule has 0 saturated heterocycles. The quantitative estimate of drug-likeness (QED) is 0.426. The van der Waals surface area contributed by atoms with Crippen molar-refractivity contribution in [1.29, 1.82) is 0 Å². The van der Waals surface area contributed by atoms with Crippen molar-refractivity contribution < 1.29 is 14.6 Å². The van der Waals surface area contributed by atoms with Crippen LogP contribution in [0.4, 0.5) is 0 Å². The lowest BCUT2D eigenvalue weighted by molar-refractivity contribution is -0.123. The highest BCUT2D eigenvalue weighted by Gasteiger charge is 2.12. The SMILES string of the molecule is Cc1cccc(C)c1OCC(=O)N/N=C/c1c(Br)cc(Br)c(O)c1Br. The van der Waals surface area contributed by atoms with Gasteiger partial charge in [0.25, 0.3) is 5.91 Å². The van der Waals surface area contributed by atoms with E-state index in [-0.39, 0.29) is 18.3 Å². The van der Waals surface area contributed by atoms with Crippen LogP contribution in [0.5, 0.6) is 11.5 Å². The van der Waals surface area contributed by atoms with E-state index in [1.54, 1.807) is 6.07 Å². The average molecular weight is 535 g/mol. The number of aryl methyl sites for hydroxylation is 2. The minimum Gasteiger partial charge on any atom is -0.506 e. The molecule has 0 unspecified atom stereocenters. The molecule has 2 aromatic carbocycles. The highest BCUT2D eigenvalue weighted by molar-refractivity contribution is 9.11. The number of carbonyl (C=O) groups excluding carboxylic acids is 1. The van der Waals surface area contributed by atoms with Crippen molar-refractivity contribution in [1.82, 2.24) is 5.43 Å². The van der Waals surface area contributed by atoms with Gasteiger partial charge in [-0.3, -0.25) is 4.79 Å². The maximum atomic E-state index is 11.9. The second kappa shape index (κ2) is 8.82. The maximum Gasteiger partial charge on any atom is 0.277 e. The Labute approximate surface area is 170 Å². The van der Waals surface area contributed by atoms with Gasteiger partial charge in [0, 0.05) is 10.0 Å². The van der Waals surface area contributed by atoms with Crippen LogP contribution in [0.2, 0.25) is 0 Å². The van der Waals surface area contributed by atoms with E-state index < -0.39 is 0 Å². The molecule has 0 saturated carbocycles. The van der Waals surface area contributed by atoms with Crippen LogP contribution in [-0.4, -0.2) is 23.8 Å². The summed E-state index contributed by atoms with van der Waals surface area (Å²) >= 11 is 9.90. The number of rotatable bonds is 5. The first-order valence-electron chi connectivity index (χ1n) is 7.18. The van der Waals surface area contributed by atoms with Crippen molar-refractivity contribution in [2.45, 2.75) is 13.8 Å². The van der Waals surface area contributed by atoms with E-state index in [4.69, 9.17) is 4.74 Å². The fraction of sp³-hybridized carbons (Fsp3) is 0.176. The van der Waals surface area contributed by atoms with Crippen molar-refractivity contribution in [3.8, 4) is 11.5 Å². The molecule has 8 heteroatoms. The lowest BCUT2D eigenvalue weighted by Crippen LogP contribution is -2.25. The van der Waals surface area contributed by atoms with Gasteiger partial charge in [-0.25, -0.2) is 5.43 Å². The van der Waals surface area contributed by atoms with Crippen molar-refractivity contribution in [2.75, 3.05) is 6.61 Å². The fourth-order valence-corrected chi connectivity index (χ4v) is 4.40. The number of phenols is 1. The predicted molar refractivity (Wildman–Crippen MR) is 108 cm³/mol. The number of aromatic hydroxyl groups is 1. The Bertz CT molecular complexity index is 818. The zero-order chi connectivity index (χ0) is 18.6. The maximum absolute atomic E-state index is 11.9. The molecule has 5 nitrogen and oxygen atoms in total. The largest absolute Gasteiger partial charge is 0.506 e. The average Bonchev–Trinajstić information content (AvgIpc) is 2.55. The summed E-state index contributed by atoms with van der Waals surface area (Å²) in [6, 6.07) is 7.47. The van der Waals surface area contributed by atoms with Gasteiger partial charge >= 0.3 is 0 Å². The van der Waals surface area contributed by atoms with Crippen molar-refractivity contribution in [3.05, 3.63) is 54.4 Å². The third-order valence-electron chi connectivity index (χ3n) is 3.32. The number of benzene rings is 2. The molecule has 0 aliphatic carbocycles. The third kappa shape index (κ3) is 5.05. The second-order valence-corrected chi connectivity index (χ2v) is 7.72. The lowest BCUT2D eigenvalue weighted by atomic mass is 10.1. The van der Waals surface area contributed by atoms with Gasteiger partial charge in [0.2, 0.25) is 0 Å². The first-order chi connectivity index (χ1) is 11.8. The van der Waals surface area contributed by atoms with E-state index in [2.05, 4.69) is 58.3 Å². The first kappa shape index (κ1) is 19.9. The number of nitrogens with zero attached hydrogens (tertiary/aromatic N) is 1. The number of halogens is 3. The molecule has 0 aliphatic heterocycles. The van der Waals surface area contributed by atoms with Crippen LogP contribution < -0.4 is 10.2 Å². The fourth-order valence-electron chi connectivity index (χ4n) is 2.08. The van der Waals surface area contributed by atoms with Gasteiger partial charge in [-0.15, -0.1) is 0 Å². The van der Waals surface area contributed by atoms with Crippen LogP contribution in [-0.2, 0) is 4.79 Å². The number of hydrogen-bond donors (Lipinski definition) is 2. The van der Waals surface area contributed by atoms with Crippen LogP contribution in [0.25, 0.3) is 0 Å². The van der Waals surface area contributed by atoms with Gasteiger partial charge in [0.05, 0.1) is 15.2 Å². The standard InChI is InChI=1S/C17H15Br3N2O3/c1-9-4-3-5-10(2)17(9)25-8-14(23)22-21-7-11-12(18)6-13(19)16(24)15(11)20/h3-7,24H,8H2,1-2H3,(H,22,23)/b21-7+. The smallest absolute Gasteiger partial charge is 0.277 e. The second-order valence-electron chi connectivity index (χ2n) is 5.22. The predicted octanol–water partition coefficient (Wildman–Crippen LogP) is 4.83. The topological polar surface area (TPSA) is 70.9 Å². The van der Waals surface area contributed by atoms with E-state index in [9.17, 15) is 9.90 Å². The summed E-state index contributed by atoms with van der Waals surface area (Å²) < 4.78 is 7.26. The molecule has 2 N–H and O–H groups in total. The number of nitrogens with one attached hydrogen (secondary N) is 1. The van der Waals surface area contributed by atoms with Gasteiger partial charge in [0.15, 0.2) is 6.61 Å². The Hall–Kier alpha value is -1.38. The minimum absolute atomic E-state index is 0.0503. The van der Waals surface area contributed by atoms with E-state index in [0.717, 1.165) is 11.1 Å². The summed E-state index contributed by atoms with van der Waals surface area (Å²) in [5, 5.41) is 13.8. The van der Waals surface area contributed by atoms with Gasteiger partial charge in [0.1, 0.15) is 11.5 Å². The van der Waals surface area contributed by atoms with Crippen LogP contribution in [0.3, 0.4) is 0 Å². The molecule has 132 valence electrons. The number of amides is 1. The molecule has 1 amide bonds. The molecular weight excluding hydrogens is 520 g/mol. The minimum atomic E-state index is -0.382.